The summed E-state index contributed by atoms with van der Waals surface area (Å²) >= 11 is 0. The second-order valence-corrected chi connectivity index (χ2v) is 5.19. The van der Waals surface area contributed by atoms with Crippen molar-refractivity contribution in [3.8, 4) is 0 Å². The number of alkyl carbamates (subject to hydrolysis) is 1. The smallest absolute Gasteiger partial charge is 0.408 e. The van der Waals surface area contributed by atoms with E-state index in [0.29, 0.717) is 0 Å². The number of hydrogen-bond donors (Lipinski definition) is 1. The molecule has 0 aliphatic rings. The first-order valence-corrected chi connectivity index (χ1v) is 6.31. The number of esters is 1. The average molecular weight is 273 g/mol. The zero-order valence-corrected chi connectivity index (χ0v) is 12.2. The van der Waals surface area contributed by atoms with Gasteiger partial charge in [-0.2, -0.15) is 0 Å². The van der Waals surface area contributed by atoms with Gasteiger partial charge in [-0.3, -0.25) is 0 Å². The predicted octanol–water partition coefficient (Wildman–Crippen LogP) is 1.81. The van der Waals surface area contributed by atoms with E-state index in [1.807, 2.05) is 0 Å². The van der Waals surface area contributed by atoms with Crippen LogP contribution in [0.2, 0.25) is 0 Å². The Kier molecular flexibility index (Phi) is 7.11. The van der Waals surface area contributed by atoms with E-state index in [-0.39, 0.29) is 25.2 Å². The average Bonchev–Trinajstić information content (AvgIpc) is 2.21. The fourth-order valence-corrected chi connectivity index (χ4v) is 1.29. The van der Waals surface area contributed by atoms with Crippen molar-refractivity contribution in [1.82, 2.24) is 5.32 Å². The number of amides is 1. The molecule has 0 saturated heterocycles. The number of nitrogens with one attached hydrogen (secondary N) is 1. The summed E-state index contributed by atoms with van der Waals surface area (Å²) in [6.45, 7) is 8.49. The van der Waals surface area contributed by atoms with E-state index in [4.69, 9.17) is 9.47 Å². The summed E-state index contributed by atoms with van der Waals surface area (Å²) in [6.07, 6.45) is -0.304. The molecule has 0 radical (unpaired) electrons. The van der Waals surface area contributed by atoms with Crippen LogP contribution in [0.15, 0.2) is 0 Å². The summed E-state index contributed by atoms with van der Waals surface area (Å²) in [6, 6.07) is -0.862. The second kappa shape index (κ2) is 7.76. The maximum absolute atomic E-state index is 11.7. The normalized spacial score (nSPS) is 12.5. The van der Waals surface area contributed by atoms with Crippen LogP contribution in [0.1, 0.15) is 47.5 Å². The van der Waals surface area contributed by atoms with Gasteiger partial charge in [-0.25, -0.2) is 9.59 Å². The molecule has 6 heteroatoms. The highest BCUT2D eigenvalue weighted by atomic mass is 16.6. The number of rotatable bonds is 6. The molecule has 0 rings (SSSR count). The zero-order valence-electron chi connectivity index (χ0n) is 12.2. The molecule has 1 atom stereocenters. The summed E-state index contributed by atoms with van der Waals surface area (Å²) < 4.78 is 9.91. The Hall–Kier alpha value is -1.59. The summed E-state index contributed by atoms with van der Waals surface area (Å²) in [7, 11) is 0. The van der Waals surface area contributed by atoms with Gasteiger partial charge in [0, 0.05) is 6.42 Å². The molecular weight excluding hydrogens is 250 g/mol. The molecule has 0 aliphatic heterocycles. The number of Topliss-reactive ketones (excluding diaryl/α,β-unsaturated/α-hetero) is 1. The Morgan fingerprint density at radius 2 is 1.79 bits per heavy atom. The summed E-state index contributed by atoms with van der Waals surface area (Å²) in [5.74, 6) is -0.616. The topological polar surface area (TPSA) is 81.7 Å². The van der Waals surface area contributed by atoms with Crippen molar-refractivity contribution >= 4 is 17.8 Å². The maximum atomic E-state index is 11.7. The predicted molar refractivity (Wildman–Crippen MR) is 69.7 cm³/mol. The van der Waals surface area contributed by atoms with Crippen LogP contribution in [0, 0.1) is 0 Å². The Labute approximate surface area is 113 Å². The minimum absolute atomic E-state index is 0.0553. The molecule has 0 aromatic rings. The van der Waals surface area contributed by atoms with Crippen LogP contribution in [0.5, 0.6) is 0 Å². The van der Waals surface area contributed by atoms with Gasteiger partial charge >= 0.3 is 12.1 Å². The molecule has 0 heterocycles. The van der Waals surface area contributed by atoms with Crippen LogP contribution in [0.4, 0.5) is 4.79 Å². The monoisotopic (exact) mass is 273 g/mol. The highest BCUT2D eigenvalue weighted by Gasteiger charge is 2.25. The fraction of sp³-hybridized carbons (Fsp3) is 0.769. The number of ketones is 1. The molecule has 0 unspecified atom stereocenters. The quantitative estimate of drug-likeness (QED) is 0.746. The lowest BCUT2D eigenvalue weighted by Crippen LogP contribution is -2.44. The summed E-state index contributed by atoms with van der Waals surface area (Å²) in [4.78, 5) is 34.2. The molecule has 0 aliphatic carbocycles. The van der Waals surface area contributed by atoms with Crippen LogP contribution in [0.25, 0.3) is 0 Å². The Morgan fingerprint density at radius 1 is 1.21 bits per heavy atom. The van der Waals surface area contributed by atoms with Crippen molar-refractivity contribution < 1.29 is 23.9 Å². The van der Waals surface area contributed by atoms with E-state index in [1.54, 1.807) is 27.7 Å². The molecule has 110 valence electrons. The van der Waals surface area contributed by atoms with Gasteiger partial charge in [-0.15, -0.1) is 0 Å². The number of hydrogen-bond acceptors (Lipinski definition) is 5. The standard InChI is InChI=1S/C13H23NO5/c1-6-18-11(16)10(8-7-9(2)15)14-12(17)19-13(3,4)5/h10H,6-8H2,1-5H3,(H,14,17)/t10-/m0/s1. The highest BCUT2D eigenvalue weighted by Crippen LogP contribution is 2.08. The second-order valence-electron chi connectivity index (χ2n) is 5.19. The minimum Gasteiger partial charge on any atom is -0.464 e. The fourth-order valence-electron chi connectivity index (χ4n) is 1.29. The van der Waals surface area contributed by atoms with Gasteiger partial charge in [0.25, 0.3) is 0 Å². The van der Waals surface area contributed by atoms with E-state index in [2.05, 4.69) is 5.32 Å². The largest absolute Gasteiger partial charge is 0.464 e. The first-order chi connectivity index (χ1) is 8.65. The van der Waals surface area contributed by atoms with Gasteiger partial charge in [-0.05, 0) is 41.0 Å². The van der Waals surface area contributed by atoms with E-state index in [9.17, 15) is 14.4 Å². The summed E-state index contributed by atoms with van der Waals surface area (Å²) in [5.41, 5.74) is -0.649. The molecule has 0 spiro atoms. The van der Waals surface area contributed by atoms with Crippen molar-refractivity contribution in [2.45, 2.75) is 59.1 Å². The third-order valence-corrected chi connectivity index (χ3v) is 2.05. The van der Waals surface area contributed by atoms with Crippen molar-refractivity contribution in [2.24, 2.45) is 0 Å². The molecule has 0 bridgehead atoms. The maximum Gasteiger partial charge on any atom is 0.408 e. The van der Waals surface area contributed by atoms with E-state index in [0.717, 1.165) is 0 Å². The van der Waals surface area contributed by atoms with Crippen molar-refractivity contribution in [1.29, 1.82) is 0 Å². The van der Waals surface area contributed by atoms with Gasteiger partial charge in [0.1, 0.15) is 17.4 Å². The Balaban J connectivity index is 4.52. The van der Waals surface area contributed by atoms with Gasteiger partial charge < -0.3 is 19.6 Å². The van der Waals surface area contributed by atoms with Crippen molar-refractivity contribution in [3.05, 3.63) is 0 Å². The van der Waals surface area contributed by atoms with E-state index in [1.165, 1.54) is 6.92 Å². The van der Waals surface area contributed by atoms with Crippen LogP contribution in [-0.4, -0.2) is 36.1 Å². The van der Waals surface area contributed by atoms with Crippen LogP contribution in [0.3, 0.4) is 0 Å². The molecular formula is C13H23NO5. The van der Waals surface area contributed by atoms with E-state index >= 15 is 0 Å². The van der Waals surface area contributed by atoms with Crippen LogP contribution < -0.4 is 5.32 Å². The molecule has 0 aromatic heterocycles. The number of carbonyl (C=O) groups is 3. The number of carbonyl (C=O) groups excluding carboxylic acids is 3. The minimum atomic E-state index is -0.862. The molecule has 1 amide bonds. The van der Waals surface area contributed by atoms with Gasteiger partial charge in [0.15, 0.2) is 0 Å². The lowest BCUT2D eigenvalue weighted by atomic mass is 10.1. The highest BCUT2D eigenvalue weighted by molar-refractivity contribution is 5.82. The first-order valence-electron chi connectivity index (χ1n) is 6.31. The van der Waals surface area contributed by atoms with Gasteiger partial charge in [0.2, 0.25) is 0 Å². The van der Waals surface area contributed by atoms with Gasteiger partial charge in [-0.1, -0.05) is 0 Å². The molecule has 0 aromatic carbocycles. The van der Waals surface area contributed by atoms with Crippen LogP contribution in [-0.2, 0) is 19.1 Å². The lowest BCUT2D eigenvalue weighted by Gasteiger charge is -2.22. The molecule has 0 fully saturated rings. The van der Waals surface area contributed by atoms with Gasteiger partial charge in [0.05, 0.1) is 6.61 Å². The molecule has 1 N–H and O–H groups in total. The summed E-state index contributed by atoms with van der Waals surface area (Å²) in [5, 5.41) is 2.43. The van der Waals surface area contributed by atoms with Crippen LogP contribution >= 0.6 is 0 Å². The third-order valence-electron chi connectivity index (χ3n) is 2.05. The zero-order chi connectivity index (χ0) is 15.1. The SMILES string of the molecule is CCOC(=O)[C@H](CCC(C)=O)NC(=O)OC(C)(C)C. The lowest BCUT2D eigenvalue weighted by molar-refractivity contribution is -0.145. The molecule has 19 heavy (non-hydrogen) atoms. The Morgan fingerprint density at radius 3 is 2.21 bits per heavy atom. The van der Waals surface area contributed by atoms with Crippen molar-refractivity contribution in [2.75, 3.05) is 6.61 Å². The molecule has 6 nitrogen and oxygen atoms in total. The van der Waals surface area contributed by atoms with E-state index < -0.39 is 23.7 Å². The van der Waals surface area contributed by atoms with Crippen molar-refractivity contribution in [3.63, 3.8) is 0 Å². The first kappa shape index (κ1) is 17.4. The molecule has 0 saturated carbocycles. The third kappa shape index (κ3) is 9.04. The number of ether oxygens (including phenoxy) is 2. The Bertz CT molecular complexity index is 332.